The first kappa shape index (κ1) is 14.8. The number of carboxylic acid groups (broad SMARTS) is 1. The monoisotopic (exact) mass is 298 g/mol. The van der Waals surface area contributed by atoms with E-state index >= 15 is 0 Å². The molecule has 0 aliphatic heterocycles. The van der Waals surface area contributed by atoms with Crippen molar-refractivity contribution in [3.05, 3.63) is 42.2 Å². The van der Waals surface area contributed by atoms with Gasteiger partial charge in [-0.15, -0.1) is 0 Å². The highest BCUT2D eigenvalue weighted by molar-refractivity contribution is 5.68. The van der Waals surface area contributed by atoms with Crippen molar-refractivity contribution >= 4 is 5.97 Å². The normalized spacial score (nSPS) is 11.2. The number of carbonyl (C=O) groups is 1. The van der Waals surface area contributed by atoms with Crippen molar-refractivity contribution in [2.24, 2.45) is 0 Å². The Morgan fingerprint density at radius 2 is 1.71 bits per heavy atom. The summed E-state index contributed by atoms with van der Waals surface area (Å²) < 4.78 is 42.1. The van der Waals surface area contributed by atoms with E-state index in [0.29, 0.717) is 5.56 Å². The number of hydrogen-bond donors (Lipinski definition) is 1. The third-order valence-electron chi connectivity index (χ3n) is 2.46. The van der Waals surface area contributed by atoms with E-state index in [1.165, 1.54) is 24.5 Å². The zero-order valence-corrected chi connectivity index (χ0v) is 10.5. The molecule has 0 amide bonds. The fourth-order valence-corrected chi connectivity index (χ4v) is 1.49. The van der Waals surface area contributed by atoms with Gasteiger partial charge in [0, 0.05) is 5.56 Å². The van der Waals surface area contributed by atoms with Crippen LogP contribution in [-0.2, 0) is 11.0 Å². The highest BCUT2D eigenvalue weighted by Crippen LogP contribution is 2.30. The van der Waals surface area contributed by atoms with Gasteiger partial charge in [0.1, 0.15) is 0 Å². The Kier molecular flexibility index (Phi) is 4.06. The largest absolute Gasteiger partial charge is 0.479 e. The number of alkyl halides is 3. The molecule has 1 N–H and O–H groups in total. The minimum Gasteiger partial charge on any atom is -0.479 e. The minimum atomic E-state index is -4.39. The van der Waals surface area contributed by atoms with E-state index in [-0.39, 0.29) is 11.6 Å². The van der Waals surface area contributed by atoms with Gasteiger partial charge in [0.25, 0.3) is 0 Å². The maximum Gasteiger partial charge on any atom is 0.416 e. The lowest BCUT2D eigenvalue weighted by atomic mass is 10.1. The molecule has 0 fully saturated rings. The molecule has 21 heavy (non-hydrogen) atoms. The number of aromatic nitrogens is 2. The quantitative estimate of drug-likeness (QED) is 0.939. The second-order valence-electron chi connectivity index (χ2n) is 4.00. The first-order chi connectivity index (χ1) is 9.86. The third kappa shape index (κ3) is 3.91. The van der Waals surface area contributed by atoms with Crippen LogP contribution in [0, 0.1) is 0 Å². The third-order valence-corrected chi connectivity index (χ3v) is 2.46. The van der Waals surface area contributed by atoms with Crippen molar-refractivity contribution in [3.8, 4) is 17.1 Å². The summed E-state index contributed by atoms with van der Waals surface area (Å²) in [5.41, 5.74) is -0.347. The van der Waals surface area contributed by atoms with Gasteiger partial charge >= 0.3 is 12.1 Å². The Hall–Kier alpha value is -2.64. The molecule has 0 unspecified atom stereocenters. The fraction of sp³-hybridized carbons (Fsp3) is 0.154. The molecule has 0 spiro atoms. The molecule has 8 heteroatoms. The van der Waals surface area contributed by atoms with E-state index in [9.17, 15) is 18.0 Å². The van der Waals surface area contributed by atoms with Gasteiger partial charge in [-0.2, -0.15) is 13.2 Å². The number of rotatable bonds is 4. The van der Waals surface area contributed by atoms with Crippen LogP contribution in [0.5, 0.6) is 5.75 Å². The highest BCUT2D eigenvalue weighted by atomic mass is 19.4. The molecule has 1 aromatic carbocycles. The van der Waals surface area contributed by atoms with Crippen molar-refractivity contribution in [1.82, 2.24) is 9.97 Å². The van der Waals surface area contributed by atoms with Gasteiger partial charge in [-0.1, -0.05) is 12.1 Å². The standard InChI is InChI=1S/C13H9F3N2O3/c14-13(15,16)9-3-1-8(2-4-9)12-17-5-10(6-18-12)21-7-11(19)20/h1-6H,7H2,(H,19,20). The van der Waals surface area contributed by atoms with E-state index < -0.39 is 24.3 Å². The first-order valence-corrected chi connectivity index (χ1v) is 5.70. The number of carboxylic acids is 1. The molecular formula is C13H9F3N2O3. The van der Waals surface area contributed by atoms with Gasteiger partial charge in [-0.05, 0) is 12.1 Å². The summed E-state index contributed by atoms with van der Waals surface area (Å²) in [5, 5.41) is 8.44. The van der Waals surface area contributed by atoms with Crippen LogP contribution < -0.4 is 4.74 Å². The highest BCUT2D eigenvalue weighted by Gasteiger charge is 2.30. The molecule has 0 aliphatic rings. The maximum atomic E-state index is 12.4. The smallest absolute Gasteiger partial charge is 0.416 e. The molecule has 0 atom stereocenters. The summed E-state index contributed by atoms with van der Waals surface area (Å²) in [4.78, 5) is 18.1. The summed E-state index contributed by atoms with van der Waals surface area (Å²) in [6.07, 6.45) is -1.89. The Labute approximate surface area is 117 Å². The summed E-state index contributed by atoms with van der Waals surface area (Å²) in [7, 11) is 0. The van der Waals surface area contributed by atoms with Crippen LogP contribution in [0.4, 0.5) is 13.2 Å². The molecule has 2 rings (SSSR count). The van der Waals surface area contributed by atoms with Crippen molar-refractivity contribution in [2.45, 2.75) is 6.18 Å². The molecule has 110 valence electrons. The van der Waals surface area contributed by atoms with Crippen molar-refractivity contribution in [1.29, 1.82) is 0 Å². The Balaban J connectivity index is 2.13. The van der Waals surface area contributed by atoms with Crippen LogP contribution in [-0.4, -0.2) is 27.7 Å². The van der Waals surface area contributed by atoms with Crippen LogP contribution in [0.3, 0.4) is 0 Å². The van der Waals surface area contributed by atoms with Gasteiger partial charge in [0.2, 0.25) is 0 Å². The molecule has 1 heterocycles. The lowest BCUT2D eigenvalue weighted by molar-refractivity contribution is -0.139. The molecule has 0 saturated heterocycles. The number of benzene rings is 1. The average Bonchev–Trinajstić information content (AvgIpc) is 2.45. The number of ether oxygens (including phenoxy) is 1. The summed E-state index contributed by atoms with van der Waals surface area (Å²) in [5.74, 6) is -0.763. The fourth-order valence-electron chi connectivity index (χ4n) is 1.49. The molecule has 0 aliphatic carbocycles. The van der Waals surface area contributed by atoms with Crippen molar-refractivity contribution in [3.63, 3.8) is 0 Å². The number of halogens is 3. The van der Waals surface area contributed by atoms with E-state index in [1.54, 1.807) is 0 Å². The van der Waals surface area contributed by atoms with Crippen LogP contribution >= 0.6 is 0 Å². The Morgan fingerprint density at radius 3 is 2.19 bits per heavy atom. The van der Waals surface area contributed by atoms with Crippen LogP contribution in [0.1, 0.15) is 5.56 Å². The molecule has 2 aromatic rings. The summed E-state index contributed by atoms with van der Waals surface area (Å²) in [6.45, 7) is -0.525. The van der Waals surface area contributed by atoms with Crippen LogP contribution in [0.15, 0.2) is 36.7 Å². The minimum absolute atomic E-state index is 0.160. The Morgan fingerprint density at radius 1 is 1.14 bits per heavy atom. The molecular weight excluding hydrogens is 289 g/mol. The predicted octanol–water partition coefficient (Wildman–Crippen LogP) is 2.63. The number of aliphatic carboxylic acids is 1. The maximum absolute atomic E-state index is 12.4. The number of nitrogens with zero attached hydrogens (tertiary/aromatic N) is 2. The molecule has 0 saturated carbocycles. The van der Waals surface area contributed by atoms with Crippen molar-refractivity contribution < 1.29 is 27.8 Å². The molecule has 1 aromatic heterocycles. The van der Waals surface area contributed by atoms with Gasteiger partial charge in [-0.25, -0.2) is 14.8 Å². The van der Waals surface area contributed by atoms with E-state index in [0.717, 1.165) is 12.1 Å². The topological polar surface area (TPSA) is 72.3 Å². The summed E-state index contributed by atoms with van der Waals surface area (Å²) in [6, 6.07) is 4.40. The van der Waals surface area contributed by atoms with E-state index in [1.807, 2.05) is 0 Å². The van der Waals surface area contributed by atoms with E-state index in [2.05, 4.69) is 9.97 Å². The van der Waals surface area contributed by atoms with Crippen LogP contribution in [0.25, 0.3) is 11.4 Å². The van der Waals surface area contributed by atoms with Crippen LogP contribution in [0.2, 0.25) is 0 Å². The second kappa shape index (κ2) is 5.78. The lowest BCUT2D eigenvalue weighted by Gasteiger charge is -2.07. The SMILES string of the molecule is O=C(O)COc1cnc(-c2ccc(C(F)(F)F)cc2)nc1. The van der Waals surface area contributed by atoms with Gasteiger partial charge < -0.3 is 9.84 Å². The zero-order valence-electron chi connectivity index (χ0n) is 10.5. The van der Waals surface area contributed by atoms with Gasteiger partial charge in [-0.3, -0.25) is 0 Å². The average molecular weight is 298 g/mol. The second-order valence-corrected chi connectivity index (χ2v) is 4.00. The Bertz CT molecular complexity index is 625. The number of hydrogen-bond acceptors (Lipinski definition) is 4. The van der Waals surface area contributed by atoms with Gasteiger partial charge in [0.15, 0.2) is 18.2 Å². The molecule has 5 nitrogen and oxygen atoms in total. The first-order valence-electron chi connectivity index (χ1n) is 5.70. The van der Waals surface area contributed by atoms with E-state index in [4.69, 9.17) is 9.84 Å². The zero-order chi connectivity index (χ0) is 15.5. The van der Waals surface area contributed by atoms with Crippen molar-refractivity contribution in [2.75, 3.05) is 6.61 Å². The van der Waals surface area contributed by atoms with Gasteiger partial charge in [0.05, 0.1) is 18.0 Å². The predicted molar refractivity (Wildman–Crippen MR) is 65.6 cm³/mol. The summed E-state index contributed by atoms with van der Waals surface area (Å²) >= 11 is 0. The lowest BCUT2D eigenvalue weighted by Crippen LogP contribution is -2.09. The molecule has 0 radical (unpaired) electrons. The molecule has 0 bridgehead atoms.